The van der Waals surface area contributed by atoms with E-state index in [1.165, 1.54) is 0 Å². The molecule has 0 bridgehead atoms. The number of rotatable bonds is 2. The van der Waals surface area contributed by atoms with Crippen LogP contribution in [0.15, 0.2) is 54.6 Å². The first-order chi connectivity index (χ1) is 9.18. The highest BCUT2D eigenvalue weighted by Crippen LogP contribution is 2.33. The van der Waals surface area contributed by atoms with Crippen molar-refractivity contribution in [2.24, 2.45) is 5.73 Å². The quantitative estimate of drug-likeness (QED) is 0.682. The first-order valence-corrected chi connectivity index (χ1v) is 6.12. The van der Waals surface area contributed by atoms with Gasteiger partial charge in [-0.1, -0.05) is 48.5 Å². The highest BCUT2D eigenvalue weighted by molar-refractivity contribution is 6.02. The fourth-order valence-electron chi connectivity index (χ4n) is 2.53. The van der Waals surface area contributed by atoms with Crippen molar-refractivity contribution in [2.45, 2.75) is 12.5 Å². The van der Waals surface area contributed by atoms with Crippen LogP contribution in [0.3, 0.4) is 0 Å². The maximum Gasteiger partial charge on any atom is 0.257 e. The fraction of sp³-hybridized carbons (Fsp3) is 0.125. The lowest BCUT2D eigenvalue weighted by Gasteiger charge is -2.17. The second-order valence-corrected chi connectivity index (χ2v) is 4.59. The Labute approximate surface area is 121 Å². The maximum absolute atomic E-state index is 13.0. The van der Waals surface area contributed by atoms with Gasteiger partial charge in [-0.2, -0.15) is 0 Å². The number of alkyl halides is 2. The summed E-state index contributed by atoms with van der Waals surface area (Å²) in [6, 6.07) is 15.8. The Morgan fingerprint density at radius 2 is 1.25 bits per heavy atom. The summed E-state index contributed by atoms with van der Waals surface area (Å²) in [6.45, 7) is 0. The Balaban J connectivity index is 0.00000147. The van der Waals surface area contributed by atoms with Crippen LogP contribution in [0.4, 0.5) is 8.78 Å². The summed E-state index contributed by atoms with van der Waals surface area (Å²) in [6.07, 6.45) is -2.57. The minimum atomic E-state index is -2.57. The van der Waals surface area contributed by atoms with Gasteiger partial charge < -0.3 is 5.73 Å². The molecule has 0 saturated heterocycles. The molecule has 0 saturated carbocycles. The van der Waals surface area contributed by atoms with E-state index in [4.69, 9.17) is 5.73 Å². The van der Waals surface area contributed by atoms with Gasteiger partial charge in [0.2, 0.25) is 0 Å². The van der Waals surface area contributed by atoms with Crippen LogP contribution in [0.25, 0.3) is 21.5 Å². The standard InChI is InChI=1S/C16H13F2N.ClH/c17-16(18)15(19)14-12-7-3-1-5-10(12)9-11-6-2-4-8-13(11)14;/h1-9,15-16H,19H2;1H/t15-;/m1./s1. The van der Waals surface area contributed by atoms with Crippen molar-refractivity contribution in [1.82, 2.24) is 0 Å². The predicted octanol–water partition coefficient (Wildman–Crippen LogP) is 4.68. The maximum atomic E-state index is 13.0. The second-order valence-electron chi connectivity index (χ2n) is 4.59. The molecule has 0 aliphatic carbocycles. The number of fused-ring (bicyclic) bond motifs is 2. The van der Waals surface area contributed by atoms with Crippen LogP contribution < -0.4 is 5.73 Å². The average Bonchev–Trinajstić information content (AvgIpc) is 2.43. The van der Waals surface area contributed by atoms with Gasteiger partial charge in [0, 0.05) is 0 Å². The van der Waals surface area contributed by atoms with Gasteiger partial charge >= 0.3 is 0 Å². The SMILES string of the molecule is Cl.N[C@H](c1c2ccccc2cc2ccccc12)C(F)F. The van der Waals surface area contributed by atoms with Crippen molar-refractivity contribution in [1.29, 1.82) is 0 Å². The second kappa shape index (κ2) is 5.73. The Kier molecular flexibility index (Phi) is 4.21. The van der Waals surface area contributed by atoms with E-state index in [1.807, 2.05) is 54.6 Å². The molecule has 104 valence electrons. The van der Waals surface area contributed by atoms with Gasteiger partial charge in [-0.05, 0) is 33.2 Å². The summed E-state index contributed by atoms with van der Waals surface area (Å²) in [5, 5.41) is 3.47. The lowest BCUT2D eigenvalue weighted by molar-refractivity contribution is 0.117. The van der Waals surface area contributed by atoms with Gasteiger partial charge in [-0.3, -0.25) is 0 Å². The molecule has 0 heterocycles. The van der Waals surface area contributed by atoms with Crippen molar-refractivity contribution in [3.63, 3.8) is 0 Å². The largest absolute Gasteiger partial charge is 0.319 e. The van der Waals surface area contributed by atoms with Crippen LogP contribution in [0.1, 0.15) is 11.6 Å². The van der Waals surface area contributed by atoms with Gasteiger partial charge in [-0.15, -0.1) is 12.4 Å². The molecule has 0 fully saturated rings. The first kappa shape index (κ1) is 14.7. The van der Waals surface area contributed by atoms with E-state index in [1.54, 1.807) is 0 Å². The zero-order valence-corrected chi connectivity index (χ0v) is 11.4. The molecule has 1 nitrogen and oxygen atoms in total. The molecule has 3 aromatic rings. The number of benzene rings is 3. The summed E-state index contributed by atoms with van der Waals surface area (Å²) < 4.78 is 26.1. The number of halogens is 3. The third-order valence-electron chi connectivity index (χ3n) is 3.42. The van der Waals surface area contributed by atoms with Gasteiger partial charge in [0.25, 0.3) is 6.43 Å². The van der Waals surface area contributed by atoms with Gasteiger partial charge in [0.1, 0.15) is 0 Å². The topological polar surface area (TPSA) is 26.0 Å². The van der Waals surface area contributed by atoms with Crippen molar-refractivity contribution in [3.8, 4) is 0 Å². The lowest BCUT2D eigenvalue weighted by Crippen LogP contribution is -2.19. The molecule has 3 aromatic carbocycles. The Morgan fingerprint density at radius 3 is 1.70 bits per heavy atom. The van der Waals surface area contributed by atoms with Crippen LogP contribution in [0, 0.1) is 0 Å². The van der Waals surface area contributed by atoms with Crippen molar-refractivity contribution >= 4 is 34.0 Å². The molecule has 20 heavy (non-hydrogen) atoms. The predicted molar refractivity (Wildman–Crippen MR) is 81.6 cm³/mol. The number of hydrogen-bond donors (Lipinski definition) is 1. The van der Waals surface area contributed by atoms with Crippen molar-refractivity contribution < 1.29 is 8.78 Å². The van der Waals surface area contributed by atoms with Crippen LogP contribution in [-0.2, 0) is 0 Å². The molecular weight excluding hydrogens is 280 g/mol. The average molecular weight is 294 g/mol. The zero-order valence-electron chi connectivity index (χ0n) is 10.6. The summed E-state index contributed by atoms with van der Waals surface area (Å²) >= 11 is 0. The van der Waals surface area contributed by atoms with E-state index in [0.717, 1.165) is 21.5 Å². The fourth-order valence-corrected chi connectivity index (χ4v) is 2.53. The summed E-state index contributed by atoms with van der Waals surface area (Å²) in [7, 11) is 0. The molecule has 0 aliphatic heterocycles. The molecule has 0 unspecified atom stereocenters. The van der Waals surface area contributed by atoms with E-state index in [-0.39, 0.29) is 12.4 Å². The van der Waals surface area contributed by atoms with Crippen molar-refractivity contribution in [2.75, 3.05) is 0 Å². The first-order valence-electron chi connectivity index (χ1n) is 6.12. The Hall–Kier alpha value is -1.71. The van der Waals surface area contributed by atoms with Gasteiger partial charge in [0.15, 0.2) is 0 Å². The van der Waals surface area contributed by atoms with Crippen LogP contribution >= 0.6 is 12.4 Å². The molecular formula is C16H14ClF2N. The molecule has 0 aliphatic rings. The van der Waals surface area contributed by atoms with Gasteiger partial charge in [-0.25, -0.2) is 8.78 Å². The zero-order chi connectivity index (χ0) is 13.4. The lowest BCUT2D eigenvalue weighted by atomic mass is 9.93. The van der Waals surface area contributed by atoms with E-state index in [9.17, 15) is 8.78 Å². The number of hydrogen-bond acceptors (Lipinski definition) is 1. The van der Waals surface area contributed by atoms with Crippen LogP contribution in [0.5, 0.6) is 0 Å². The Morgan fingerprint density at radius 1 is 0.800 bits per heavy atom. The van der Waals surface area contributed by atoms with Gasteiger partial charge in [0.05, 0.1) is 6.04 Å². The molecule has 0 amide bonds. The van der Waals surface area contributed by atoms with E-state index >= 15 is 0 Å². The van der Waals surface area contributed by atoms with E-state index in [2.05, 4.69) is 0 Å². The Bertz CT molecular complexity index is 689. The van der Waals surface area contributed by atoms with E-state index < -0.39 is 12.5 Å². The summed E-state index contributed by atoms with van der Waals surface area (Å²) in [5.41, 5.74) is 6.25. The molecule has 0 aromatic heterocycles. The third kappa shape index (κ3) is 2.35. The molecule has 0 radical (unpaired) electrons. The summed E-state index contributed by atoms with van der Waals surface area (Å²) in [5.74, 6) is 0. The van der Waals surface area contributed by atoms with Crippen LogP contribution in [0.2, 0.25) is 0 Å². The molecule has 2 N–H and O–H groups in total. The molecule has 4 heteroatoms. The van der Waals surface area contributed by atoms with Crippen molar-refractivity contribution in [3.05, 3.63) is 60.2 Å². The summed E-state index contributed by atoms with van der Waals surface area (Å²) in [4.78, 5) is 0. The molecule has 0 spiro atoms. The monoisotopic (exact) mass is 293 g/mol. The molecule has 3 rings (SSSR count). The highest BCUT2D eigenvalue weighted by Gasteiger charge is 2.22. The molecule has 1 atom stereocenters. The minimum Gasteiger partial charge on any atom is -0.319 e. The highest BCUT2D eigenvalue weighted by atomic mass is 35.5. The minimum absolute atomic E-state index is 0. The van der Waals surface area contributed by atoms with E-state index in [0.29, 0.717) is 5.56 Å². The normalized spacial score (nSPS) is 12.6. The third-order valence-corrected chi connectivity index (χ3v) is 3.42. The van der Waals surface area contributed by atoms with Crippen LogP contribution in [-0.4, -0.2) is 6.43 Å². The number of nitrogens with two attached hydrogens (primary N) is 1. The smallest absolute Gasteiger partial charge is 0.257 e.